The lowest BCUT2D eigenvalue weighted by Gasteiger charge is -2.18. The molecule has 0 aliphatic heterocycles. The molecule has 0 bridgehead atoms. The van der Waals surface area contributed by atoms with Gasteiger partial charge in [-0.2, -0.15) is 0 Å². The van der Waals surface area contributed by atoms with Crippen molar-refractivity contribution in [3.05, 3.63) is 58.7 Å². The summed E-state index contributed by atoms with van der Waals surface area (Å²) in [6, 6.07) is 7.02. The fourth-order valence-electron chi connectivity index (χ4n) is 2.19. The van der Waals surface area contributed by atoms with E-state index in [4.69, 9.17) is 0 Å². The first-order valence-corrected chi connectivity index (χ1v) is 6.05. The van der Waals surface area contributed by atoms with Crippen LogP contribution in [0.4, 0.5) is 0 Å². The Hall–Kier alpha value is -1.96. The van der Waals surface area contributed by atoms with Crippen molar-refractivity contribution in [1.29, 1.82) is 0 Å². The SMILES string of the molecule is C=C(C)CCC1=C(C)C(=O)c2ccccc2C1=O. The second-order valence-electron chi connectivity index (χ2n) is 4.76. The minimum atomic E-state index is -0.0260. The third-order valence-corrected chi connectivity index (χ3v) is 3.29. The molecular formula is C16H16O2. The quantitative estimate of drug-likeness (QED) is 0.754. The molecule has 0 saturated carbocycles. The monoisotopic (exact) mass is 240 g/mol. The molecular weight excluding hydrogens is 224 g/mol. The number of rotatable bonds is 3. The second-order valence-corrected chi connectivity index (χ2v) is 4.76. The summed E-state index contributed by atoms with van der Waals surface area (Å²) in [4.78, 5) is 24.5. The van der Waals surface area contributed by atoms with E-state index < -0.39 is 0 Å². The van der Waals surface area contributed by atoms with Crippen LogP contribution in [-0.2, 0) is 0 Å². The van der Waals surface area contributed by atoms with Crippen LogP contribution in [0.5, 0.6) is 0 Å². The van der Waals surface area contributed by atoms with Crippen LogP contribution in [0.2, 0.25) is 0 Å². The van der Waals surface area contributed by atoms with Gasteiger partial charge in [0.2, 0.25) is 0 Å². The van der Waals surface area contributed by atoms with Gasteiger partial charge in [-0.25, -0.2) is 0 Å². The summed E-state index contributed by atoms with van der Waals surface area (Å²) in [5.41, 5.74) is 3.31. The van der Waals surface area contributed by atoms with Gasteiger partial charge in [0.05, 0.1) is 0 Å². The predicted octanol–water partition coefficient (Wildman–Crippen LogP) is 3.74. The number of hydrogen-bond donors (Lipinski definition) is 0. The zero-order chi connectivity index (χ0) is 13.3. The van der Waals surface area contributed by atoms with Gasteiger partial charge in [-0.1, -0.05) is 29.8 Å². The number of Topliss-reactive ketones (excluding diaryl/α,β-unsaturated/α-hetero) is 2. The fourth-order valence-corrected chi connectivity index (χ4v) is 2.19. The third kappa shape index (κ3) is 2.06. The van der Waals surface area contributed by atoms with Gasteiger partial charge < -0.3 is 0 Å². The maximum absolute atomic E-state index is 12.3. The smallest absolute Gasteiger partial charge is 0.190 e. The molecule has 0 saturated heterocycles. The van der Waals surface area contributed by atoms with Crippen molar-refractivity contribution < 1.29 is 9.59 Å². The Balaban J connectivity index is 2.43. The minimum Gasteiger partial charge on any atom is -0.289 e. The van der Waals surface area contributed by atoms with Crippen LogP contribution in [-0.4, -0.2) is 11.6 Å². The average molecular weight is 240 g/mol. The average Bonchev–Trinajstić information content (AvgIpc) is 2.36. The highest BCUT2D eigenvalue weighted by molar-refractivity contribution is 6.26. The zero-order valence-corrected chi connectivity index (χ0v) is 10.7. The fraction of sp³-hybridized carbons (Fsp3) is 0.250. The summed E-state index contributed by atoms with van der Waals surface area (Å²) in [6.07, 6.45) is 1.34. The van der Waals surface area contributed by atoms with E-state index in [1.165, 1.54) is 0 Å². The molecule has 1 aromatic rings. The van der Waals surface area contributed by atoms with Gasteiger partial charge in [0, 0.05) is 22.3 Å². The summed E-state index contributed by atoms with van der Waals surface area (Å²) < 4.78 is 0. The molecule has 0 unspecified atom stereocenters. The van der Waals surface area contributed by atoms with Crippen LogP contribution in [0.1, 0.15) is 47.4 Å². The standard InChI is InChI=1S/C16H16O2/c1-10(2)8-9-12-11(3)15(17)13-6-4-5-7-14(13)16(12)18/h4-7H,1,8-9H2,2-3H3. The number of hydrogen-bond acceptors (Lipinski definition) is 2. The van der Waals surface area contributed by atoms with E-state index in [2.05, 4.69) is 6.58 Å². The lowest BCUT2D eigenvalue weighted by atomic mass is 9.82. The Morgan fingerprint density at radius 1 is 1.11 bits per heavy atom. The summed E-state index contributed by atoms with van der Waals surface area (Å²) >= 11 is 0. The van der Waals surface area contributed by atoms with E-state index in [0.29, 0.717) is 28.7 Å². The van der Waals surface area contributed by atoms with Crippen LogP contribution in [0.15, 0.2) is 47.6 Å². The summed E-state index contributed by atoms with van der Waals surface area (Å²) in [7, 11) is 0. The molecule has 18 heavy (non-hydrogen) atoms. The first-order chi connectivity index (χ1) is 8.52. The van der Waals surface area contributed by atoms with Crippen LogP contribution in [0, 0.1) is 0 Å². The van der Waals surface area contributed by atoms with E-state index in [0.717, 1.165) is 12.0 Å². The summed E-state index contributed by atoms with van der Waals surface area (Å²) in [5.74, 6) is -0.0362. The maximum Gasteiger partial charge on any atom is 0.190 e. The molecule has 0 heterocycles. The van der Waals surface area contributed by atoms with Crippen LogP contribution in [0.3, 0.4) is 0 Å². The van der Waals surface area contributed by atoms with E-state index in [1.807, 2.05) is 6.92 Å². The Labute approximate surface area is 107 Å². The summed E-state index contributed by atoms with van der Waals surface area (Å²) in [5, 5.41) is 0. The van der Waals surface area contributed by atoms with Crippen molar-refractivity contribution in [1.82, 2.24) is 0 Å². The van der Waals surface area contributed by atoms with Gasteiger partial charge in [0.1, 0.15) is 0 Å². The Morgan fingerprint density at radius 3 is 2.22 bits per heavy atom. The number of carbonyl (C=O) groups is 2. The Kier molecular flexibility index (Phi) is 3.28. The number of fused-ring (bicyclic) bond motifs is 1. The molecule has 92 valence electrons. The van der Waals surface area contributed by atoms with E-state index in [-0.39, 0.29) is 11.6 Å². The number of allylic oxidation sites excluding steroid dienone is 3. The first-order valence-electron chi connectivity index (χ1n) is 6.05. The number of ketones is 2. The topological polar surface area (TPSA) is 34.1 Å². The minimum absolute atomic E-state index is 0.0102. The van der Waals surface area contributed by atoms with E-state index >= 15 is 0 Å². The highest BCUT2D eigenvalue weighted by atomic mass is 16.1. The lowest BCUT2D eigenvalue weighted by Crippen LogP contribution is -2.20. The predicted molar refractivity (Wildman–Crippen MR) is 71.9 cm³/mol. The van der Waals surface area contributed by atoms with Gasteiger partial charge in [0.15, 0.2) is 11.6 Å². The van der Waals surface area contributed by atoms with Gasteiger partial charge in [-0.3, -0.25) is 9.59 Å². The first kappa shape index (κ1) is 12.5. The largest absolute Gasteiger partial charge is 0.289 e. The Bertz CT molecular complexity index is 577. The molecule has 1 aliphatic carbocycles. The van der Waals surface area contributed by atoms with Crippen LogP contribution in [0.25, 0.3) is 0 Å². The third-order valence-electron chi connectivity index (χ3n) is 3.29. The summed E-state index contributed by atoms with van der Waals surface area (Å²) in [6.45, 7) is 7.50. The molecule has 2 heteroatoms. The molecule has 0 amide bonds. The van der Waals surface area contributed by atoms with Crippen molar-refractivity contribution in [2.45, 2.75) is 26.7 Å². The van der Waals surface area contributed by atoms with Crippen LogP contribution < -0.4 is 0 Å². The molecule has 2 rings (SSSR count). The molecule has 1 aliphatic rings. The second kappa shape index (κ2) is 4.73. The number of benzene rings is 1. The van der Waals surface area contributed by atoms with Gasteiger partial charge in [-0.15, -0.1) is 6.58 Å². The highest BCUT2D eigenvalue weighted by Crippen LogP contribution is 2.29. The normalized spacial score (nSPS) is 14.8. The van der Waals surface area contributed by atoms with E-state index in [1.54, 1.807) is 31.2 Å². The molecule has 0 aromatic heterocycles. The van der Waals surface area contributed by atoms with Gasteiger partial charge in [-0.05, 0) is 26.7 Å². The molecule has 0 atom stereocenters. The molecule has 1 aromatic carbocycles. The molecule has 0 spiro atoms. The van der Waals surface area contributed by atoms with Gasteiger partial charge >= 0.3 is 0 Å². The van der Waals surface area contributed by atoms with E-state index in [9.17, 15) is 9.59 Å². The number of carbonyl (C=O) groups excluding carboxylic acids is 2. The van der Waals surface area contributed by atoms with Crippen molar-refractivity contribution in [3.8, 4) is 0 Å². The lowest BCUT2D eigenvalue weighted by molar-refractivity contribution is 0.0972. The van der Waals surface area contributed by atoms with Crippen molar-refractivity contribution in [3.63, 3.8) is 0 Å². The molecule has 2 nitrogen and oxygen atoms in total. The highest BCUT2D eigenvalue weighted by Gasteiger charge is 2.28. The maximum atomic E-state index is 12.3. The Morgan fingerprint density at radius 2 is 1.67 bits per heavy atom. The molecule has 0 fully saturated rings. The van der Waals surface area contributed by atoms with Crippen LogP contribution >= 0.6 is 0 Å². The molecule has 0 N–H and O–H groups in total. The van der Waals surface area contributed by atoms with Crippen molar-refractivity contribution in [2.24, 2.45) is 0 Å². The van der Waals surface area contributed by atoms with Crippen molar-refractivity contribution >= 4 is 11.6 Å². The van der Waals surface area contributed by atoms with Gasteiger partial charge in [0.25, 0.3) is 0 Å². The van der Waals surface area contributed by atoms with Crippen molar-refractivity contribution in [2.75, 3.05) is 0 Å². The molecule has 0 radical (unpaired) electrons. The zero-order valence-electron chi connectivity index (χ0n) is 10.7.